The number of nitrogens with one attached hydrogen (secondary N) is 3. The Morgan fingerprint density at radius 2 is 1.54 bits per heavy atom. The van der Waals surface area contributed by atoms with Crippen LogP contribution >= 0.6 is 0 Å². The first kappa shape index (κ1) is 34.1. The van der Waals surface area contributed by atoms with Gasteiger partial charge in [-0.25, -0.2) is 4.79 Å². The molecule has 2 unspecified atom stereocenters. The number of likely N-dealkylation sites (tertiary alicyclic amines) is 1. The number of nitrogens with zero attached hydrogens (tertiary/aromatic N) is 1. The van der Waals surface area contributed by atoms with Gasteiger partial charge in [0, 0.05) is 17.8 Å². The summed E-state index contributed by atoms with van der Waals surface area (Å²) in [5.74, 6) is 0.891. The number of carbonyl (C=O) groups is 3. The lowest BCUT2D eigenvalue weighted by Gasteiger charge is -2.39. The molecule has 11 nitrogen and oxygen atoms in total. The van der Waals surface area contributed by atoms with E-state index in [4.69, 9.17) is 14.2 Å². The number of ether oxygens (including phenoxy) is 3. The smallest absolute Gasteiger partial charge is 0.323 e. The van der Waals surface area contributed by atoms with Crippen molar-refractivity contribution < 1.29 is 33.7 Å². The Labute approximate surface area is 270 Å². The van der Waals surface area contributed by atoms with Crippen LogP contribution in [0.4, 0.5) is 16.2 Å². The van der Waals surface area contributed by atoms with Gasteiger partial charge in [0.05, 0.1) is 39.9 Å². The Bertz CT molecular complexity index is 1520. The summed E-state index contributed by atoms with van der Waals surface area (Å²) in [6, 6.07) is 17.6. The number of carbonyl (C=O) groups excluding carboxylic acids is 2. The number of methoxy groups -OCH3 is 3. The maximum Gasteiger partial charge on any atom is 0.323 e. The van der Waals surface area contributed by atoms with Crippen molar-refractivity contribution in [3.8, 4) is 17.2 Å². The summed E-state index contributed by atoms with van der Waals surface area (Å²) >= 11 is 0. The van der Waals surface area contributed by atoms with E-state index < -0.39 is 12.0 Å². The minimum absolute atomic E-state index is 0.0262. The second kappa shape index (κ2) is 16.0. The largest absolute Gasteiger partial charge is 0.495 e. The molecule has 0 aliphatic carbocycles. The minimum atomic E-state index is -0.867. The molecule has 2 atom stereocenters. The second-order valence-electron chi connectivity index (χ2n) is 11.6. The predicted molar refractivity (Wildman–Crippen MR) is 177 cm³/mol. The number of rotatable bonds is 13. The van der Waals surface area contributed by atoms with E-state index in [9.17, 15) is 19.5 Å². The average molecular weight is 633 g/mol. The molecule has 246 valence electrons. The summed E-state index contributed by atoms with van der Waals surface area (Å²) in [6.07, 6.45) is 1.78. The van der Waals surface area contributed by atoms with Crippen molar-refractivity contribution in [1.29, 1.82) is 0 Å². The van der Waals surface area contributed by atoms with Gasteiger partial charge in [-0.3, -0.25) is 14.5 Å². The molecule has 4 N–H and O–H groups in total. The van der Waals surface area contributed by atoms with Gasteiger partial charge in [0.25, 0.3) is 0 Å². The van der Waals surface area contributed by atoms with Crippen LogP contribution in [0, 0.1) is 12.8 Å². The van der Waals surface area contributed by atoms with Crippen molar-refractivity contribution in [2.24, 2.45) is 5.92 Å². The molecule has 0 aromatic heterocycles. The fraction of sp³-hybridized carbons (Fsp3) is 0.400. The number of aryl methyl sites for hydroxylation is 1. The summed E-state index contributed by atoms with van der Waals surface area (Å²) < 4.78 is 16.3. The molecule has 11 heteroatoms. The molecule has 1 aliphatic rings. The number of para-hydroxylation sites is 1. The van der Waals surface area contributed by atoms with Crippen LogP contribution in [0.2, 0.25) is 0 Å². The molecule has 0 spiro atoms. The van der Waals surface area contributed by atoms with Gasteiger partial charge in [0.15, 0.2) is 11.5 Å². The van der Waals surface area contributed by atoms with Crippen molar-refractivity contribution in [3.05, 3.63) is 77.4 Å². The number of carboxylic acids is 1. The number of hydrogen-bond donors (Lipinski definition) is 4. The van der Waals surface area contributed by atoms with Gasteiger partial charge in [-0.2, -0.15) is 0 Å². The van der Waals surface area contributed by atoms with Crippen LogP contribution in [0.1, 0.15) is 48.9 Å². The molecule has 0 bridgehead atoms. The number of carboxylic acid groups (broad SMARTS) is 1. The third kappa shape index (κ3) is 8.91. The number of piperidine rings is 1. The number of anilines is 2. The lowest BCUT2D eigenvalue weighted by atomic mass is 9.88. The molecule has 1 aliphatic heterocycles. The summed E-state index contributed by atoms with van der Waals surface area (Å²) in [5.41, 5.74) is 3.77. The van der Waals surface area contributed by atoms with Crippen LogP contribution in [0.15, 0.2) is 60.7 Å². The maximum atomic E-state index is 13.0. The molecule has 0 radical (unpaired) electrons. The predicted octanol–water partition coefficient (Wildman–Crippen LogP) is 5.64. The number of aliphatic carboxylic acids is 1. The number of urea groups is 1. The Kier molecular flexibility index (Phi) is 11.9. The van der Waals surface area contributed by atoms with Crippen molar-refractivity contribution in [2.45, 2.75) is 51.6 Å². The topological polar surface area (TPSA) is 138 Å². The SMILES string of the molecule is COc1cc(CC(=O)NC(C)C2CCN(C(CC(=O)O)c3ccc(OC)c(OC)c3)CC2)ccc1NC(=O)Nc1ccccc1C. The molecule has 0 saturated carbocycles. The molecular weight excluding hydrogens is 588 g/mol. The van der Waals surface area contributed by atoms with E-state index in [0.29, 0.717) is 41.7 Å². The van der Waals surface area contributed by atoms with Gasteiger partial charge in [-0.1, -0.05) is 30.3 Å². The number of benzene rings is 3. The van der Waals surface area contributed by atoms with Crippen LogP contribution in [0.5, 0.6) is 17.2 Å². The van der Waals surface area contributed by atoms with E-state index >= 15 is 0 Å². The number of amides is 3. The molecule has 1 saturated heterocycles. The van der Waals surface area contributed by atoms with E-state index in [-0.39, 0.29) is 36.8 Å². The van der Waals surface area contributed by atoms with Crippen LogP contribution < -0.4 is 30.2 Å². The van der Waals surface area contributed by atoms with Crippen molar-refractivity contribution >= 4 is 29.3 Å². The quantitative estimate of drug-likeness (QED) is 0.190. The molecule has 46 heavy (non-hydrogen) atoms. The Balaban J connectivity index is 1.31. The van der Waals surface area contributed by atoms with E-state index in [0.717, 1.165) is 29.5 Å². The van der Waals surface area contributed by atoms with Crippen LogP contribution in [-0.4, -0.2) is 68.4 Å². The van der Waals surface area contributed by atoms with Gasteiger partial charge >= 0.3 is 12.0 Å². The lowest BCUT2D eigenvalue weighted by Crippen LogP contribution is -2.45. The molecule has 1 fully saturated rings. The van der Waals surface area contributed by atoms with Crippen LogP contribution in [-0.2, 0) is 16.0 Å². The zero-order valence-corrected chi connectivity index (χ0v) is 27.1. The second-order valence-corrected chi connectivity index (χ2v) is 11.6. The molecule has 1 heterocycles. The highest BCUT2D eigenvalue weighted by Gasteiger charge is 2.31. The summed E-state index contributed by atoms with van der Waals surface area (Å²) in [7, 11) is 4.65. The first-order valence-corrected chi connectivity index (χ1v) is 15.4. The third-order valence-electron chi connectivity index (χ3n) is 8.54. The normalized spacial score (nSPS) is 14.9. The third-order valence-corrected chi connectivity index (χ3v) is 8.54. The van der Waals surface area contributed by atoms with E-state index in [1.165, 1.54) is 7.11 Å². The van der Waals surface area contributed by atoms with E-state index in [1.54, 1.807) is 38.5 Å². The summed E-state index contributed by atoms with van der Waals surface area (Å²) in [5, 5.41) is 18.4. The Morgan fingerprint density at radius 1 is 0.870 bits per heavy atom. The minimum Gasteiger partial charge on any atom is -0.495 e. The van der Waals surface area contributed by atoms with Gasteiger partial charge in [0.2, 0.25) is 5.91 Å². The highest BCUT2D eigenvalue weighted by atomic mass is 16.5. The van der Waals surface area contributed by atoms with Gasteiger partial charge in [0.1, 0.15) is 5.75 Å². The standard InChI is InChI=1S/C35H44N4O7/c1-22-8-6-7-9-27(22)37-35(43)38-28-12-10-24(18-31(28)45-4)19-33(40)36-23(2)25-14-16-39(17-15-25)29(21-34(41)42)26-11-13-30(44-3)32(20-26)46-5/h6-13,18,20,23,25,29H,14-17,19,21H2,1-5H3,(H,36,40)(H,41,42)(H2,37,38,43). The lowest BCUT2D eigenvalue weighted by molar-refractivity contribution is -0.138. The van der Waals surface area contributed by atoms with Gasteiger partial charge < -0.3 is 35.3 Å². The van der Waals surface area contributed by atoms with E-state index in [2.05, 4.69) is 20.9 Å². The van der Waals surface area contributed by atoms with Crippen molar-refractivity contribution in [3.63, 3.8) is 0 Å². The van der Waals surface area contributed by atoms with E-state index in [1.807, 2.05) is 50.2 Å². The van der Waals surface area contributed by atoms with Gasteiger partial charge in [-0.05, 0) is 92.7 Å². The zero-order valence-electron chi connectivity index (χ0n) is 27.1. The molecular formula is C35H44N4O7. The van der Waals surface area contributed by atoms with Crippen molar-refractivity contribution in [2.75, 3.05) is 45.1 Å². The monoisotopic (exact) mass is 632 g/mol. The summed E-state index contributed by atoms with van der Waals surface area (Å²) in [6.45, 7) is 5.35. The first-order valence-electron chi connectivity index (χ1n) is 15.4. The fourth-order valence-corrected chi connectivity index (χ4v) is 5.96. The Morgan fingerprint density at radius 3 is 2.20 bits per heavy atom. The summed E-state index contributed by atoms with van der Waals surface area (Å²) in [4.78, 5) is 39.6. The van der Waals surface area contributed by atoms with Gasteiger partial charge in [-0.15, -0.1) is 0 Å². The van der Waals surface area contributed by atoms with Crippen LogP contribution in [0.25, 0.3) is 0 Å². The highest BCUT2D eigenvalue weighted by Crippen LogP contribution is 2.36. The molecule has 3 amide bonds. The molecule has 3 aromatic rings. The fourth-order valence-electron chi connectivity index (χ4n) is 5.96. The first-order chi connectivity index (χ1) is 22.1. The average Bonchev–Trinajstić information content (AvgIpc) is 3.05. The Hall–Kier alpha value is -4.77. The molecule has 3 aromatic carbocycles. The molecule has 4 rings (SSSR count). The zero-order chi connectivity index (χ0) is 33.2. The number of hydrogen-bond acceptors (Lipinski definition) is 7. The van der Waals surface area contributed by atoms with Crippen LogP contribution in [0.3, 0.4) is 0 Å². The maximum absolute atomic E-state index is 13.0. The highest BCUT2D eigenvalue weighted by molar-refractivity contribution is 6.01. The van der Waals surface area contributed by atoms with Crippen molar-refractivity contribution in [1.82, 2.24) is 10.2 Å².